The predicted molar refractivity (Wildman–Crippen MR) is 70.8 cm³/mol. The topological polar surface area (TPSA) is 12.0 Å². The largest absolute Gasteiger partial charge is 0.308 e. The number of hydrogen-bond donors (Lipinski definition) is 1. The predicted octanol–water partition coefficient (Wildman–Crippen LogP) is 3.65. The van der Waals surface area contributed by atoms with E-state index >= 15 is 0 Å². The van der Waals surface area contributed by atoms with E-state index in [1.165, 1.54) is 20.9 Å². The standard InChI is InChI=1S/C14H17NS/c1-11-3-6-13(7-4-11)9-15-10-14-8-5-12(2)16-14/h3-8,15H,9-10H2,1-2H3. The molecule has 0 spiro atoms. The van der Waals surface area contributed by atoms with Crippen LogP contribution in [0.3, 0.4) is 0 Å². The molecule has 0 fully saturated rings. The summed E-state index contributed by atoms with van der Waals surface area (Å²) in [6, 6.07) is 13.1. The summed E-state index contributed by atoms with van der Waals surface area (Å²) < 4.78 is 0. The van der Waals surface area contributed by atoms with Crippen molar-refractivity contribution in [2.24, 2.45) is 0 Å². The van der Waals surface area contributed by atoms with Crippen molar-refractivity contribution in [2.45, 2.75) is 26.9 Å². The summed E-state index contributed by atoms with van der Waals surface area (Å²) in [5.41, 5.74) is 2.66. The van der Waals surface area contributed by atoms with Crippen LogP contribution in [0.1, 0.15) is 20.9 Å². The lowest BCUT2D eigenvalue weighted by Gasteiger charge is -2.03. The molecule has 0 saturated carbocycles. The van der Waals surface area contributed by atoms with Gasteiger partial charge >= 0.3 is 0 Å². The van der Waals surface area contributed by atoms with Gasteiger partial charge in [0.15, 0.2) is 0 Å². The third-order valence-electron chi connectivity index (χ3n) is 2.54. The molecule has 0 aliphatic rings. The molecule has 0 aliphatic carbocycles. The van der Waals surface area contributed by atoms with E-state index in [2.05, 4.69) is 55.6 Å². The van der Waals surface area contributed by atoms with E-state index < -0.39 is 0 Å². The Labute approximate surface area is 101 Å². The van der Waals surface area contributed by atoms with Crippen LogP contribution in [0.2, 0.25) is 0 Å². The molecule has 16 heavy (non-hydrogen) atoms. The minimum Gasteiger partial charge on any atom is -0.308 e. The molecule has 0 aliphatic heterocycles. The smallest absolute Gasteiger partial charge is 0.0303 e. The lowest BCUT2D eigenvalue weighted by molar-refractivity contribution is 0.701. The van der Waals surface area contributed by atoms with E-state index in [0.717, 1.165) is 13.1 Å². The maximum absolute atomic E-state index is 3.46. The third-order valence-corrected chi connectivity index (χ3v) is 3.55. The SMILES string of the molecule is Cc1ccc(CNCc2ccc(C)s2)cc1. The van der Waals surface area contributed by atoms with Crippen LogP contribution in [0.15, 0.2) is 36.4 Å². The molecule has 1 nitrogen and oxygen atoms in total. The van der Waals surface area contributed by atoms with Gasteiger partial charge in [0.05, 0.1) is 0 Å². The summed E-state index contributed by atoms with van der Waals surface area (Å²) >= 11 is 1.86. The minimum absolute atomic E-state index is 0.942. The molecule has 2 heteroatoms. The molecule has 2 aromatic rings. The lowest BCUT2D eigenvalue weighted by atomic mass is 10.1. The van der Waals surface area contributed by atoms with Gasteiger partial charge in [0.2, 0.25) is 0 Å². The van der Waals surface area contributed by atoms with Gasteiger partial charge in [0.1, 0.15) is 0 Å². The van der Waals surface area contributed by atoms with Crippen LogP contribution >= 0.6 is 11.3 Å². The van der Waals surface area contributed by atoms with Crippen LogP contribution in [0.4, 0.5) is 0 Å². The van der Waals surface area contributed by atoms with Crippen molar-refractivity contribution < 1.29 is 0 Å². The highest BCUT2D eigenvalue weighted by Gasteiger charge is 1.96. The fraction of sp³-hybridized carbons (Fsp3) is 0.286. The summed E-state index contributed by atoms with van der Waals surface area (Å²) in [5.74, 6) is 0. The molecule has 2 rings (SSSR count). The first-order valence-corrected chi connectivity index (χ1v) is 6.37. The second kappa shape index (κ2) is 5.28. The van der Waals surface area contributed by atoms with Crippen LogP contribution in [-0.2, 0) is 13.1 Å². The Bertz CT molecular complexity index is 442. The Kier molecular flexibility index (Phi) is 3.75. The van der Waals surface area contributed by atoms with Gasteiger partial charge in [-0.3, -0.25) is 0 Å². The van der Waals surface area contributed by atoms with Crippen molar-refractivity contribution in [1.82, 2.24) is 5.32 Å². The average molecular weight is 231 g/mol. The summed E-state index contributed by atoms with van der Waals surface area (Å²) in [7, 11) is 0. The first-order chi connectivity index (χ1) is 7.74. The Morgan fingerprint density at radius 2 is 1.69 bits per heavy atom. The number of aryl methyl sites for hydroxylation is 2. The fourth-order valence-electron chi connectivity index (χ4n) is 1.62. The monoisotopic (exact) mass is 231 g/mol. The average Bonchev–Trinajstić information content (AvgIpc) is 2.67. The highest BCUT2D eigenvalue weighted by Crippen LogP contribution is 2.14. The van der Waals surface area contributed by atoms with Gasteiger partial charge in [-0.2, -0.15) is 0 Å². The zero-order chi connectivity index (χ0) is 11.4. The third kappa shape index (κ3) is 3.19. The van der Waals surface area contributed by atoms with Crippen molar-refractivity contribution in [2.75, 3.05) is 0 Å². The Hall–Kier alpha value is -1.12. The molecular formula is C14H17NS. The van der Waals surface area contributed by atoms with E-state index in [9.17, 15) is 0 Å². The van der Waals surface area contributed by atoms with Crippen LogP contribution < -0.4 is 5.32 Å². The maximum Gasteiger partial charge on any atom is 0.0303 e. The van der Waals surface area contributed by atoms with Crippen molar-refractivity contribution in [3.8, 4) is 0 Å². The lowest BCUT2D eigenvalue weighted by Crippen LogP contribution is -2.11. The quantitative estimate of drug-likeness (QED) is 0.847. The van der Waals surface area contributed by atoms with Gasteiger partial charge in [-0.1, -0.05) is 29.8 Å². The van der Waals surface area contributed by atoms with Crippen molar-refractivity contribution >= 4 is 11.3 Å². The van der Waals surface area contributed by atoms with Crippen LogP contribution in [-0.4, -0.2) is 0 Å². The number of thiophene rings is 1. The number of benzene rings is 1. The van der Waals surface area contributed by atoms with Crippen LogP contribution in [0.5, 0.6) is 0 Å². The molecule has 0 radical (unpaired) electrons. The summed E-state index contributed by atoms with van der Waals surface area (Å²) in [5, 5.41) is 3.46. The molecule has 1 aromatic carbocycles. The van der Waals surface area contributed by atoms with Crippen LogP contribution in [0.25, 0.3) is 0 Å². The highest BCUT2D eigenvalue weighted by atomic mass is 32.1. The van der Waals surface area contributed by atoms with E-state index in [0.29, 0.717) is 0 Å². The summed E-state index contributed by atoms with van der Waals surface area (Å²) in [6.45, 7) is 6.17. The van der Waals surface area contributed by atoms with Crippen molar-refractivity contribution in [1.29, 1.82) is 0 Å². The Balaban J connectivity index is 1.82. The van der Waals surface area contributed by atoms with Crippen molar-refractivity contribution in [3.05, 3.63) is 57.3 Å². The number of hydrogen-bond acceptors (Lipinski definition) is 2. The maximum atomic E-state index is 3.46. The van der Waals surface area contributed by atoms with E-state index in [1.807, 2.05) is 11.3 Å². The zero-order valence-electron chi connectivity index (χ0n) is 9.79. The normalized spacial score (nSPS) is 10.6. The van der Waals surface area contributed by atoms with E-state index in [-0.39, 0.29) is 0 Å². The second-order valence-corrected chi connectivity index (χ2v) is 5.47. The van der Waals surface area contributed by atoms with Crippen LogP contribution in [0, 0.1) is 13.8 Å². The van der Waals surface area contributed by atoms with E-state index in [4.69, 9.17) is 0 Å². The highest BCUT2D eigenvalue weighted by molar-refractivity contribution is 7.11. The Morgan fingerprint density at radius 1 is 0.938 bits per heavy atom. The zero-order valence-corrected chi connectivity index (χ0v) is 10.6. The second-order valence-electron chi connectivity index (χ2n) is 4.10. The first-order valence-electron chi connectivity index (χ1n) is 5.55. The molecule has 0 bridgehead atoms. The summed E-state index contributed by atoms with van der Waals surface area (Å²) in [6.07, 6.45) is 0. The minimum atomic E-state index is 0.942. The first kappa shape index (κ1) is 11.4. The molecule has 84 valence electrons. The molecule has 0 atom stereocenters. The van der Waals surface area contributed by atoms with Gasteiger partial charge in [0.25, 0.3) is 0 Å². The molecule has 0 amide bonds. The van der Waals surface area contributed by atoms with Gasteiger partial charge in [-0.05, 0) is 31.5 Å². The van der Waals surface area contributed by atoms with Gasteiger partial charge < -0.3 is 5.32 Å². The number of rotatable bonds is 4. The van der Waals surface area contributed by atoms with Gasteiger partial charge in [0, 0.05) is 22.8 Å². The van der Waals surface area contributed by atoms with Crippen molar-refractivity contribution in [3.63, 3.8) is 0 Å². The molecule has 0 saturated heterocycles. The molecule has 1 N–H and O–H groups in total. The molecule has 1 aromatic heterocycles. The fourth-order valence-corrected chi connectivity index (χ4v) is 2.48. The molecular weight excluding hydrogens is 214 g/mol. The summed E-state index contributed by atoms with van der Waals surface area (Å²) in [4.78, 5) is 2.79. The van der Waals surface area contributed by atoms with E-state index in [1.54, 1.807) is 0 Å². The van der Waals surface area contributed by atoms with Gasteiger partial charge in [-0.15, -0.1) is 11.3 Å². The number of nitrogens with one attached hydrogen (secondary N) is 1. The van der Waals surface area contributed by atoms with Gasteiger partial charge in [-0.25, -0.2) is 0 Å². The molecule has 1 heterocycles. The molecule has 0 unspecified atom stereocenters. The Morgan fingerprint density at radius 3 is 2.31 bits per heavy atom.